The minimum atomic E-state index is -0.200. The highest BCUT2D eigenvalue weighted by molar-refractivity contribution is 5.74. The van der Waals surface area contributed by atoms with Gasteiger partial charge >= 0.3 is 0 Å². The molecule has 1 N–H and O–H groups in total. The molecule has 1 aromatic heterocycles. The molecule has 0 saturated carbocycles. The molecule has 1 heterocycles. The summed E-state index contributed by atoms with van der Waals surface area (Å²) in [6.45, 7) is 1.66. The van der Waals surface area contributed by atoms with Gasteiger partial charge in [0.15, 0.2) is 11.7 Å². The zero-order chi connectivity index (χ0) is 7.56. The molecule has 1 rings (SSSR count). The second-order valence-corrected chi connectivity index (χ2v) is 2.04. The Labute approximate surface area is 57.7 Å². The molecule has 0 unspecified atom stereocenters. The first-order valence-corrected chi connectivity index (χ1v) is 2.88. The van der Waals surface area contributed by atoms with E-state index in [-0.39, 0.29) is 11.0 Å². The summed E-state index contributed by atoms with van der Waals surface area (Å²) in [5, 5.41) is 0. The number of aryl methyl sites for hydroxylation is 1. The van der Waals surface area contributed by atoms with E-state index in [1.807, 2.05) is 0 Å². The van der Waals surface area contributed by atoms with Crippen LogP contribution in [0.25, 0.3) is 0 Å². The van der Waals surface area contributed by atoms with Crippen LogP contribution < -0.4 is 5.43 Å². The molecule has 0 fully saturated rings. The van der Waals surface area contributed by atoms with Crippen molar-refractivity contribution in [1.82, 2.24) is 4.98 Å². The number of aromatic nitrogens is 1. The highest BCUT2D eigenvalue weighted by Gasteiger charge is 1.97. The van der Waals surface area contributed by atoms with Crippen molar-refractivity contribution in [2.24, 2.45) is 0 Å². The summed E-state index contributed by atoms with van der Waals surface area (Å²) in [7, 11) is 0. The summed E-state index contributed by atoms with van der Waals surface area (Å²) < 4.78 is 0. The fourth-order valence-electron chi connectivity index (χ4n) is 0.703. The number of rotatable bonds is 1. The van der Waals surface area contributed by atoms with Crippen LogP contribution in [0, 0.1) is 6.92 Å². The summed E-state index contributed by atoms with van der Waals surface area (Å²) in [5.41, 5.74) is 0.540. The maximum absolute atomic E-state index is 10.9. The molecule has 10 heavy (non-hydrogen) atoms. The Hall–Kier alpha value is -1.38. The molecule has 3 nitrogen and oxygen atoms in total. The van der Waals surface area contributed by atoms with Crippen LogP contribution in [0.1, 0.15) is 15.9 Å². The number of hydrogen-bond donors (Lipinski definition) is 1. The minimum absolute atomic E-state index is 0.181. The highest BCUT2D eigenvalue weighted by Crippen LogP contribution is 1.86. The Balaban J connectivity index is 3.42. The Morgan fingerprint density at radius 1 is 1.50 bits per heavy atom. The quantitative estimate of drug-likeness (QED) is 0.573. The van der Waals surface area contributed by atoms with Crippen LogP contribution in [0.2, 0.25) is 0 Å². The zero-order valence-corrected chi connectivity index (χ0v) is 5.55. The lowest BCUT2D eigenvalue weighted by atomic mass is 10.2. The van der Waals surface area contributed by atoms with E-state index in [9.17, 15) is 9.59 Å². The Morgan fingerprint density at radius 3 is 2.70 bits per heavy atom. The molecule has 0 spiro atoms. The van der Waals surface area contributed by atoms with E-state index in [4.69, 9.17) is 0 Å². The number of nitrogens with one attached hydrogen (secondary N) is 1. The van der Waals surface area contributed by atoms with Gasteiger partial charge in [0.2, 0.25) is 0 Å². The second kappa shape index (κ2) is 2.47. The maximum atomic E-state index is 10.9. The van der Waals surface area contributed by atoms with Crippen molar-refractivity contribution in [3.05, 3.63) is 33.7 Å². The van der Waals surface area contributed by atoms with Crippen LogP contribution in [-0.2, 0) is 0 Å². The van der Waals surface area contributed by atoms with E-state index in [0.29, 0.717) is 11.8 Å². The van der Waals surface area contributed by atoms with E-state index >= 15 is 0 Å². The third-order valence-corrected chi connectivity index (χ3v) is 1.29. The molecule has 0 amide bonds. The molecular weight excluding hydrogens is 130 g/mol. The van der Waals surface area contributed by atoms with Crippen molar-refractivity contribution in [2.45, 2.75) is 6.92 Å². The SMILES string of the molecule is Cc1c[nH]cc(C=O)c1=O. The Kier molecular flexibility index (Phi) is 1.67. The number of carbonyl (C=O) groups excluding carboxylic acids is 1. The smallest absolute Gasteiger partial charge is 0.194 e. The number of aromatic amines is 1. The first-order valence-electron chi connectivity index (χ1n) is 2.88. The van der Waals surface area contributed by atoms with Gasteiger partial charge in [-0.15, -0.1) is 0 Å². The van der Waals surface area contributed by atoms with E-state index < -0.39 is 0 Å². The monoisotopic (exact) mass is 137 g/mol. The Bertz CT molecular complexity index is 301. The van der Waals surface area contributed by atoms with Crippen LogP contribution in [0.3, 0.4) is 0 Å². The number of hydrogen-bond acceptors (Lipinski definition) is 2. The van der Waals surface area contributed by atoms with Crippen molar-refractivity contribution in [3.8, 4) is 0 Å². The fraction of sp³-hybridized carbons (Fsp3) is 0.143. The van der Waals surface area contributed by atoms with Gasteiger partial charge in [0.05, 0.1) is 5.56 Å². The van der Waals surface area contributed by atoms with Crippen molar-refractivity contribution < 1.29 is 4.79 Å². The lowest BCUT2D eigenvalue weighted by molar-refractivity contribution is 0.112. The van der Waals surface area contributed by atoms with E-state index in [1.165, 1.54) is 6.20 Å². The van der Waals surface area contributed by atoms with E-state index in [1.54, 1.807) is 13.1 Å². The predicted molar refractivity (Wildman–Crippen MR) is 37.2 cm³/mol. The van der Waals surface area contributed by atoms with Gasteiger partial charge in [0, 0.05) is 18.0 Å². The van der Waals surface area contributed by atoms with Gasteiger partial charge < -0.3 is 4.98 Å². The largest absolute Gasteiger partial charge is 0.366 e. The average Bonchev–Trinajstić information content (AvgIpc) is 1.95. The predicted octanol–water partition coefficient (Wildman–Crippen LogP) is 0.496. The minimum Gasteiger partial charge on any atom is -0.366 e. The van der Waals surface area contributed by atoms with Gasteiger partial charge in [-0.05, 0) is 6.92 Å². The van der Waals surface area contributed by atoms with Gasteiger partial charge in [-0.3, -0.25) is 9.59 Å². The molecule has 0 aliphatic heterocycles. The van der Waals surface area contributed by atoms with Gasteiger partial charge in [-0.2, -0.15) is 0 Å². The van der Waals surface area contributed by atoms with Gasteiger partial charge in [-0.1, -0.05) is 0 Å². The molecule has 1 aromatic rings. The summed E-state index contributed by atoms with van der Waals surface area (Å²) >= 11 is 0. The summed E-state index contributed by atoms with van der Waals surface area (Å²) in [4.78, 5) is 23.8. The lowest BCUT2D eigenvalue weighted by Gasteiger charge is -1.90. The first kappa shape index (κ1) is 6.74. The molecule has 0 aliphatic rings. The summed E-state index contributed by atoms with van der Waals surface area (Å²) in [6, 6.07) is 0. The van der Waals surface area contributed by atoms with Gasteiger partial charge in [0.1, 0.15) is 0 Å². The van der Waals surface area contributed by atoms with Crippen molar-refractivity contribution in [2.75, 3.05) is 0 Å². The Morgan fingerprint density at radius 2 is 2.20 bits per heavy atom. The molecular formula is C7H7NO2. The lowest BCUT2D eigenvalue weighted by Crippen LogP contribution is -2.10. The second-order valence-electron chi connectivity index (χ2n) is 2.04. The van der Waals surface area contributed by atoms with Crippen molar-refractivity contribution in [3.63, 3.8) is 0 Å². The molecule has 0 aromatic carbocycles. The van der Waals surface area contributed by atoms with Crippen LogP contribution in [0.5, 0.6) is 0 Å². The molecule has 0 bridgehead atoms. The molecule has 0 atom stereocenters. The fourth-order valence-corrected chi connectivity index (χ4v) is 0.703. The molecule has 0 aliphatic carbocycles. The van der Waals surface area contributed by atoms with Crippen molar-refractivity contribution in [1.29, 1.82) is 0 Å². The molecule has 52 valence electrons. The summed E-state index contributed by atoms with van der Waals surface area (Å²) in [6.07, 6.45) is 3.50. The van der Waals surface area contributed by atoms with Gasteiger partial charge in [0.25, 0.3) is 0 Å². The zero-order valence-electron chi connectivity index (χ0n) is 5.55. The standard InChI is InChI=1S/C7H7NO2/c1-5-2-8-3-6(4-9)7(5)10/h2-4H,1H3,(H,8,10). The average molecular weight is 137 g/mol. The highest BCUT2D eigenvalue weighted by atomic mass is 16.1. The van der Waals surface area contributed by atoms with Crippen LogP contribution in [0.4, 0.5) is 0 Å². The topological polar surface area (TPSA) is 49.9 Å². The molecule has 0 saturated heterocycles. The van der Waals surface area contributed by atoms with Crippen LogP contribution >= 0.6 is 0 Å². The van der Waals surface area contributed by atoms with Crippen LogP contribution in [-0.4, -0.2) is 11.3 Å². The number of H-pyrrole nitrogens is 1. The van der Waals surface area contributed by atoms with E-state index in [2.05, 4.69) is 4.98 Å². The third-order valence-electron chi connectivity index (χ3n) is 1.29. The number of aldehydes is 1. The number of carbonyl (C=O) groups is 1. The summed E-state index contributed by atoms with van der Waals surface area (Å²) in [5.74, 6) is 0. The normalized spacial score (nSPS) is 9.30. The number of pyridine rings is 1. The molecule has 0 radical (unpaired) electrons. The maximum Gasteiger partial charge on any atom is 0.194 e. The molecule has 3 heteroatoms. The van der Waals surface area contributed by atoms with Crippen LogP contribution in [0.15, 0.2) is 17.2 Å². The van der Waals surface area contributed by atoms with Gasteiger partial charge in [-0.25, -0.2) is 0 Å². The third kappa shape index (κ3) is 0.978. The van der Waals surface area contributed by atoms with Crippen molar-refractivity contribution >= 4 is 6.29 Å². The van der Waals surface area contributed by atoms with E-state index in [0.717, 1.165) is 0 Å². The first-order chi connectivity index (χ1) is 4.75.